The highest BCUT2D eigenvalue weighted by Gasteiger charge is 2.34. The first-order valence-corrected chi connectivity index (χ1v) is 13.8. The highest BCUT2D eigenvalue weighted by molar-refractivity contribution is 14.1. The topological polar surface area (TPSA) is 143 Å². The van der Waals surface area contributed by atoms with Gasteiger partial charge in [-0.25, -0.2) is 4.98 Å². The van der Waals surface area contributed by atoms with Crippen LogP contribution in [0.5, 0.6) is 0 Å². The van der Waals surface area contributed by atoms with Crippen molar-refractivity contribution in [3.63, 3.8) is 0 Å². The van der Waals surface area contributed by atoms with Crippen molar-refractivity contribution in [2.75, 3.05) is 12.3 Å². The number of carbonyl (C=O) groups excluding carboxylic acids is 3. The molecule has 12 heteroatoms. The van der Waals surface area contributed by atoms with Gasteiger partial charge in [-0.05, 0) is 71.8 Å². The highest BCUT2D eigenvalue weighted by Crippen LogP contribution is 2.39. The molecule has 1 aromatic heterocycles. The number of halogens is 1. The summed E-state index contributed by atoms with van der Waals surface area (Å²) in [5.74, 6) is -1.06. The van der Waals surface area contributed by atoms with Gasteiger partial charge in [-0.2, -0.15) is 0 Å². The molecule has 2 aromatic carbocycles. The second kappa shape index (κ2) is 11.1. The smallest absolute Gasteiger partial charge is 0.271 e. The normalized spacial score (nSPS) is 16.3. The number of aromatic nitrogens is 2. The maximum atomic E-state index is 12.5. The summed E-state index contributed by atoms with van der Waals surface area (Å²) < 4.78 is 14.4. The van der Waals surface area contributed by atoms with Crippen LogP contribution in [0.2, 0.25) is 0 Å². The van der Waals surface area contributed by atoms with E-state index in [1.165, 1.54) is 22.9 Å². The van der Waals surface area contributed by atoms with Gasteiger partial charge in [0.05, 0.1) is 11.1 Å². The number of ether oxygens (including phenoxy) is 2. The number of hydrogen-bond donors (Lipinski definition) is 2. The van der Waals surface area contributed by atoms with E-state index in [2.05, 4.69) is 27.6 Å². The Hall–Kier alpha value is -3.52. The Labute approximate surface area is 236 Å². The number of imidazole rings is 1. The third kappa shape index (κ3) is 5.10. The van der Waals surface area contributed by atoms with Crippen LogP contribution in [0, 0.1) is 3.57 Å². The van der Waals surface area contributed by atoms with Crippen molar-refractivity contribution in [2.24, 2.45) is 5.73 Å². The third-order valence-corrected chi connectivity index (χ3v) is 8.08. The fourth-order valence-electron chi connectivity index (χ4n) is 4.30. The zero-order chi connectivity index (χ0) is 26.8. The van der Waals surface area contributed by atoms with Gasteiger partial charge in [-0.3, -0.25) is 19.3 Å². The third-order valence-electron chi connectivity index (χ3n) is 6.21. The van der Waals surface area contributed by atoms with Crippen LogP contribution in [0.15, 0.2) is 65.0 Å². The van der Waals surface area contributed by atoms with Crippen molar-refractivity contribution in [3.05, 3.63) is 85.8 Å². The van der Waals surface area contributed by atoms with E-state index < -0.39 is 12.2 Å². The summed E-state index contributed by atoms with van der Waals surface area (Å²) in [6, 6.07) is 14.6. The second-order valence-corrected chi connectivity index (χ2v) is 10.8. The molecule has 2 aliphatic rings. The molecule has 1 atom stereocenters. The van der Waals surface area contributed by atoms with E-state index in [4.69, 9.17) is 20.9 Å². The number of imide groups is 1. The Morgan fingerprint density at radius 3 is 2.34 bits per heavy atom. The van der Waals surface area contributed by atoms with Gasteiger partial charge >= 0.3 is 0 Å². The van der Waals surface area contributed by atoms with Gasteiger partial charge in [0.25, 0.3) is 24.0 Å². The molecule has 2 aliphatic heterocycles. The number of unbranched alkanes of at least 4 members (excludes halogenated alkanes) is 2. The molecule has 0 radical (unpaired) electrons. The standard InChI is InChI=1S/C26H24IN5O5S/c27-18-11-5-4-10-17(18)25-36-14-19(37-25)38-26-30-20(22(29)33)21(28)31(26)12-6-1-7-13-32-23(34)15-8-2-3-9-16(15)24(32)35/h2-5,8-11,14,25H,1,6-7,12-13,28H2,(H2,29,33). The molecule has 0 spiro atoms. The summed E-state index contributed by atoms with van der Waals surface area (Å²) in [6.07, 6.45) is 2.96. The maximum absolute atomic E-state index is 12.5. The van der Waals surface area contributed by atoms with Crippen molar-refractivity contribution in [1.29, 1.82) is 0 Å². The number of nitrogens with two attached hydrogens (primary N) is 2. The highest BCUT2D eigenvalue weighted by atomic mass is 127. The Bertz CT molecular complexity index is 1420. The minimum Gasteiger partial charge on any atom is -0.454 e. The zero-order valence-electron chi connectivity index (χ0n) is 20.1. The Kier molecular flexibility index (Phi) is 7.61. The number of nitrogens with zero attached hydrogens (tertiary/aromatic N) is 3. The number of fused-ring (bicyclic) bond motifs is 1. The van der Waals surface area contributed by atoms with E-state index >= 15 is 0 Å². The van der Waals surface area contributed by atoms with E-state index in [-0.39, 0.29) is 23.3 Å². The monoisotopic (exact) mass is 645 g/mol. The molecule has 38 heavy (non-hydrogen) atoms. The number of benzene rings is 2. The van der Waals surface area contributed by atoms with E-state index in [1.54, 1.807) is 28.8 Å². The first kappa shape index (κ1) is 26.1. The predicted octanol–water partition coefficient (Wildman–Crippen LogP) is 4.27. The molecule has 5 rings (SSSR count). The minimum absolute atomic E-state index is 0.00722. The molecule has 196 valence electrons. The first-order chi connectivity index (χ1) is 18.3. The van der Waals surface area contributed by atoms with Gasteiger partial charge in [-0.1, -0.05) is 30.3 Å². The maximum Gasteiger partial charge on any atom is 0.271 e. The quantitative estimate of drug-likeness (QED) is 0.189. The molecule has 3 heterocycles. The molecule has 0 saturated carbocycles. The average Bonchev–Trinajstić information content (AvgIpc) is 3.56. The summed E-state index contributed by atoms with van der Waals surface area (Å²) >= 11 is 3.41. The lowest BCUT2D eigenvalue weighted by Crippen LogP contribution is -2.30. The fourth-order valence-corrected chi connectivity index (χ4v) is 5.80. The summed E-state index contributed by atoms with van der Waals surface area (Å²) in [7, 11) is 0. The molecule has 0 bridgehead atoms. The molecule has 0 aliphatic carbocycles. The van der Waals surface area contributed by atoms with Crippen LogP contribution in [-0.4, -0.2) is 38.7 Å². The predicted molar refractivity (Wildman–Crippen MR) is 149 cm³/mol. The molecular formula is C26H24IN5O5S. The summed E-state index contributed by atoms with van der Waals surface area (Å²) in [5, 5.41) is 0.928. The van der Waals surface area contributed by atoms with Gasteiger partial charge < -0.3 is 25.5 Å². The van der Waals surface area contributed by atoms with Crippen LogP contribution in [0.4, 0.5) is 5.82 Å². The first-order valence-electron chi connectivity index (χ1n) is 11.9. The van der Waals surface area contributed by atoms with Crippen LogP contribution >= 0.6 is 34.4 Å². The van der Waals surface area contributed by atoms with Crippen LogP contribution < -0.4 is 11.5 Å². The number of hydrogen-bond acceptors (Lipinski definition) is 8. The van der Waals surface area contributed by atoms with E-state index in [9.17, 15) is 14.4 Å². The SMILES string of the molecule is NC(=O)c1nc(SC2=COC(c3ccccc3I)O2)n(CCCCCN2C(=O)c3ccccc3C2=O)c1N. The lowest BCUT2D eigenvalue weighted by Gasteiger charge is -2.14. The zero-order valence-corrected chi connectivity index (χ0v) is 23.1. The van der Waals surface area contributed by atoms with Crippen molar-refractivity contribution in [2.45, 2.75) is 37.3 Å². The average molecular weight is 645 g/mol. The van der Waals surface area contributed by atoms with Crippen LogP contribution in [0.1, 0.15) is 62.3 Å². The lowest BCUT2D eigenvalue weighted by molar-refractivity contribution is -0.0279. The van der Waals surface area contributed by atoms with Crippen molar-refractivity contribution >= 4 is 57.9 Å². The molecule has 0 saturated heterocycles. The van der Waals surface area contributed by atoms with Crippen molar-refractivity contribution < 1.29 is 23.9 Å². The Balaban J connectivity index is 1.19. The van der Waals surface area contributed by atoms with Gasteiger partial charge in [-0.15, -0.1) is 0 Å². The van der Waals surface area contributed by atoms with Crippen LogP contribution in [-0.2, 0) is 16.0 Å². The minimum atomic E-state index is -0.719. The van der Waals surface area contributed by atoms with Crippen molar-refractivity contribution in [1.82, 2.24) is 14.5 Å². The number of nitrogen functional groups attached to an aromatic ring is 1. The molecule has 3 amide bonds. The van der Waals surface area contributed by atoms with Gasteiger partial charge in [0.2, 0.25) is 5.09 Å². The molecule has 0 fully saturated rings. The van der Waals surface area contributed by atoms with Gasteiger partial charge in [0.1, 0.15) is 12.1 Å². The lowest BCUT2D eigenvalue weighted by atomic mass is 10.1. The Morgan fingerprint density at radius 2 is 1.66 bits per heavy atom. The number of rotatable bonds is 10. The summed E-state index contributed by atoms with van der Waals surface area (Å²) in [6.45, 7) is 0.794. The number of anilines is 1. The summed E-state index contributed by atoms with van der Waals surface area (Å²) in [5.41, 5.74) is 13.5. The second-order valence-electron chi connectivity index (χ2n) is 8.66. The number of carbonyl (C=O) groups is 3. The largest absolute Gasteiger partial charge is 0.454 e. The molecule has 1 unspecified atom stereocenters. The van der Waals surface area contributed by atoms with Crippen LogP contribution in [0.3, 0.4) is 0 Å². The fraction of sp³-hybridized carbons (Fsp3) is 0.231. The van der Waals surface area contributed by atoms with E-state index in [1.807, 2.05) is 24.3 Å². The van der Waals surface area contributed by atoms with Crippen LogP contribution in [0.25, 0.3) is 0 Å². The molecular weight excluding hydrogens is 621 g/mol. The number of thioether (sulfide) groups is 1. The molecule has 3 aromatic rings. The molecule has 4 N–H and O–H groups in total. The summed E-state index contributed by atoms with van der Waals surface area (Å²) in [4.78, 5) is 42.6. The van der Waals surface area contributed by atoms with Crippen molar-refractivity contribution in [3.8, 4) is 0 Å². The molecule has 10 nitrogen and oxygen atoms in total. The number of primary amides is 1. The van der Waals surface area contributed by atoms with E-state index in [0.717, 1.165) is 15.6 Å². The number of amides is 3. The van der Waals surface area contributed by atoms with Gasteiger partial charge in [0.15, 0.2) is 10.9 Å². The Morgan fingerprint density at radius 1 is 1.00 bits per heavy atom. The van der Waals surface area contributed by atoms with E-state index in [0.29, 0.717) is 47.3 Å². The van der Waals surface area contributed by atoms with Gasteiger partial charge in [0, 0.05) is 22.2 Å².